The second-order valence-electron chi connectivity index (χ2n) is 7.78. The van der Waals surface area contributed by atoms with Crippen LogP contribution in [0, 0.1) is 13.8 Å². The number of nitrogens with one attached hydrogen (secondary N) is 1. The number of aryl methyl sites for hydroxylation is 2. The van der Waals surface area contributed by atoms with Crippen molar-refractivity contribution in [3.05, 3.63) is 93.5 Å². The molecular weight excluding hydrogens is 536 g/mol. The fourth-order valence-electron chi connectivity index (χ4n) is 3.36. The van der Waals surface area contributed by atoms with E-state index in [9.17, 15) is 22.8 Å². The highest BCUT2D eigenvalue weighted by atomic mass is 79.9. The summed E-state index contributed by atoms with van der Waals surface area (Å²) in [5.74, 6) is -1.83. The second-order valence-corrected chi connectivity index (χ2v) is 10.2. The maximum Gasteiger partial charge on any atom is 0.339 e. The molecule has 4 rings (SSSR count). The number of amides is 4. The number of urea groups is 1. The van der Waals surface area contributed by atoms with E-state index >= 15 is 0 Å². The van der Waals surface area contributed by atoms with E-state index in [1.54, 1.807) is 49.4 Å². The molecule has 0 spiro atoms. The van der Waals surface area contributed by atoms with Crippen LogP contribution < -0.4 is 14.4 Å². The molecule has 1 fully saturated rings. The Morgan fingerprint density at radius 1 is 0.943 bits per heavy atom. The molecule has 10 heteroatoms. The average Bonchev–Trinajstić information content (AvgIpc) is 2.80. The molecule has 178 valence electrons. The van der Waals surface area contributed by atoms with Gasteiger partial charge in [0.1, 0.15) is 16.2 Å². The van der Waals surface area contributed by atoms with Crippen LogP contribution in [-0.4, -0.2) is 26.3 Å². The van der Waals surface area contributed by atoms with E-state index in [4.69, 9.17) is 4.18 Å². The Bertz CT molecular complexity index is 1500. The average molecular weight is 555 g/mol. The zero-order valence-electron chi connectivity index (χ0n) is 18.6. The van der Waals surface area contributed by atoms with Crippen LogP contribution in [0.2, 0.25) is 0 Å². The molecule has 0 radical (unpaired) electrons. The maximum absolute atomic E-state index is 13.2. The molecule has 4 amide bonds. The van der Waals surface area contributed by atoms with Crippen molar-refractivity contribution in [2.24, 2.45) is 0 Å². The number of nitrogens with zero attached hydrogens (tertiary/aromatic N) is 1. The van der Waals surface area contributed by atoms with Gasteiger partial charge in [0.05, 0.1) is 5.69 Å². The lowest BCUT2D eigenvalue weighted by molar-refractivity contribution is -0.122. The van der Waals surface area contributed by atoms with E-state index in [0.717, 1.165) is 20.5 Å². The van der Waals surface area contributed by atoms with E-state index in [0.29, 0.717) is 0 Å². The molecule has 0 aliphatic carbocycles. The fourth-order valence-corrected chi connectivity index (χ4v) is 4.56. The summed E-state index contributed by atoms with van der Waals surface area (Å²) in [6.07, 6.45) is 1.20. The smallest absolute Gasteiger partial charge is 0.339 e. The first kappa shape index (κ1) is 24.4. The SMILES string of the molecule is Cc1ccc(S(=O)(=O)Oc2ccccc2/C=C2/C(=O)NC(=O)N(c3ccc(Br)c(C)c3)C2=O)cc1. The van der Waals surface area contributed by atoms with Gasteiger partial charge in [0.25, 0.3) is 11.8 Å². The van der Waals surface area contributed by atoms with Crippen molar-refractivity contribution >= 4 is 55.7 Å². The van der Waals surface area contributed by atoms with Gasteiger partial charge in [0.2, 0.25) is 0 Å². The second kappa shape index (κ2) is 9.47. The number of halogens is 1. The first-order valence-electron chi connectivity index (χ1n) is 10.3. The summed E-state index contributed by atoms with van der Waals surface area (Å²) in [6.45, 7) is 3.62. The molecule has 0 bridgehead atoms. The Morgan fingerprint density at radius 3 is 2.31 bits per heavy atom. The fraction of sp³-hybridized carbons (Fsp3) is 0.0800. The Kier molecular flexibility index (Phi) is 6.60. The molecule has 0 aromatic heterocycles. The summed E-state index contributed by atoms with van der Waals surface area (Å²) in [5, 5.41) is 2.15. The number of anilines is 1. The summed E-state index contributed by atoms with van der Waals surface area (Å²) in [5.41, 5.74) is 1.76. The van der Waals surface area contributed by atoms with Crippen molar-refractivity contribution in [3.63, 3.8) is 0 Å². The molecule has 35 heavy (non-hydrogen) atoms. The van der Waals surface area contributed by atoms with Crippen LogP contribution in [0.15, 0.2) is 81.7 Å². The molecule has 1 aliphatic rings. The largest absolute Gasteiger partial charge is 0.378 e. The predicted molar refractivity (Wildman–Crippen MR) is 133 cm³/mol. The summed E-state index contributed by atoms with van der Waals surface area (Å²) >= 11 is 3.37. The molecule has 1 heterocycles. The Labute approximate surface area is 210 Å². The topological polar surface area (TPSA) is 110 Å². The van der Waals surface area contributed by atoms with Crippen molar-refractivity contribution in [1.82, 2.24) is 5.32 Å². The van der Waals surface area contributed by atoms with Gasteiger partial charge in [-0.05, 0) is 61.9 Å². The van der Waals surface area contributed by atoms with E-state index in [2.05, 4.69) is 21.2 Å². The van der Waals surface area contributed by atoms with Gasteiger partial charge in [0.15, 0.2) is 0 Å². The summed E-state index contributed by atoms with van der Waals surface area (Å²) in [4.78, 5) is 39.0. The van der Waals surface area contributed by atoms with Gasteiger partial charge in [-0.25, -0.2) is 9.69 Å². The van der Waals surface area contributed by atoms with Crippen LogP contribution in [0.3, 0.4) is 0 Å². The zero-order chi connectivity index (χ0) is 25.3. The lowest BCUT2D eigenvalue weighted by atomic mass is 10.1. The molecule has 8 nitrogen and oxygen atoms in total. The molecule has 1 aliphatic heterocycles. The lowest BCUT2D eigenvalue weighted by Crippen LogP contribution is -2.54. The molecule has 3 aromatic rings. The number of imide groups is 2. The number of hydrogen-bond acceptors (Lipinski definition) is 6. The van der Waals surface area contributed by atoms with Gasteiger partial charge in [0, 0.05) is 10.0 Å². The third-order valence-corrected chi connectivity index (χ3v) is 7.37. The molecule has 1 saturated heterocycles. The van der Waals surface area contributed by atoms with E-state index < -0.39 is 28.0 Å². The van der Waals surface area contributed by atoms with Crippen molar-refractivity contribution in [2.45, 2.75) is 18.7 Å². The van der Waals surface area contributed by atoms with Crippen LogP contribution in [-0.2, 0) is 19.7 Å². The van der Waals surface area contributed by atoms with Gasteiger partial charge < -0.3 is 4.18 Å². The number of para-hydroxylation sites is 1. The Hall–Kier alpha value is -3.76. The number of carbonyl (C=O) groups excluding carboxylic acids is 3. The van der Waals surface area contributed by atoms with Crippen molar-refractivity contribution in [1.29, 1.82) is 0 Å². The van der Waals surface area contributed by atoms with Gasteiger partial charge in [-0.2, -0.15) is 8.42 Å². The maximum atomic E-state index is 13.2. The van der Waals surface area contributed by atoms with Gasteiger partial charge in [-0.1, -0.05) is 51.8 Å². The van der Waals surface area contributed by atoms with Crippen LogP contribution in [0.25, 0.3) is 6.08 Å². The Balaban J connectivity index is 1.71. The summed E-state index contributed by atoms with van der Waals surface area (Å²) in [7, 11) is -4.18. The number of carbonyl (C=O) groups is 3. The number of rotatable bonds is 5. The monoisotopic (exact) mass is 554 g/mol. The van der Waals surface area contributed by atoms with Crippen LogP contribution in [0.1, 0.15) is 16.7 Å². The highest BCUT2D eigenvalue weighted by Gasteiger charge is 2.37. The van der Waals surface area contributed by atoms with Crippen molar-refractivity contribution in [3.8, 4) is 5.75 Å². The standard InChI is InChI=1S/C25H19BrN2O6S/c1-15-7-10-19(11-8-15)35(32,33)34-22-6-4-3-5-17(22)14-20-23(29)27-25(31)28(24(20)30)18-9-12-21(26)16(2)13-18/h3-14H,1-2H3,(H,27,29,31)/b20-14-. The third kappa shape index (κ3) is 5.03. The minimum atomic E-state index is -4.18. The van der Waals surface area contributed by atoms with Crippen LogP contribution in [0.4, 0.5) is 10.5 Å². The highest BCUT2D eigenvalue weighted by Crippen LogP contribution is 2.29. The van der Waals surface area contributed by atoms with Gasteiger partial charge >= 0.3 is 16.1 Å². The third-order valence-electron chi connectivity index (χ3n) is 5.23. The number of hydrogen-bond donors (Lipinski definition) is 1. The van der Waals surface area contributed by atoms with E-state index in [-0.39, 0.29) is 27.5 Å². The Morgan fingerprint density at radius 2 is 1.63 bits per heavy atom. The quantitative estimate of drug-likeness (QED) is 0.282. The van der Waals surface area contributed by atoms with E-state index in [1.165, 1.54) is 30.3 Å². The van der Waals surface area contributed by atoms with E-state index in [1.807, 2.05) is 6.92 Å². The minimum Gasteiger partial charge on any atom is -0.378 e. The molecule has 1 N–H and O–H groups in total. The van der Waals surface area contributed by atoms with Crippen molar-refractivity contribution in [2.75, 3.05) is 4.90 Å². The minimum absolute atomic E-state index is 0.0422. The molecular formula is C25H19BrN2O6S. The normalized spacial score (nSPS) is 15.3. The molecule has 0 saturated carbocycles. The molecule has 3 aromatic carbocycles. The number of benzene rings is 3. The molecule has 0 unspecified atom stereocenters. The first-order chi connectivity index (χ1) is 16.6. The summed E-state index contributed by atoms with van der Waals surface area (Å²) in [6, 6.07) is 16.2. The summed E-state index contributed by atoms with van der Waals surface area (Å²) < 4.78 is 31.7. The first-order valence-corrected chi connectivity index (χ1v) is 12.5. The predicted octanol–water partition coefficient (Wildman–Crippen LogP) is 4.50. The van der Waals surface area contributed by atoms with Crippen molar-refractivity contribution < 1.29 is 27.0 Å². The van der Waals surface area contributed by atoms with Crippen LogP contribution in [0.5, 0.6) is 5.75 Å². The van der Waals surface area contributed by atoms with Gasteiger partial charge in [-0.3, -0.25) is 14.9 Å². The molecule has 0 atom stereocenters. The van der Waals surface area contributed by atoms with Gasteiger partial charge in [-0.15, -0.1) is 0 Å². The lowest BCUT2D eigenvalue weighted by Gasteiger charge is -2.26. The number of barbiturate groups is 1. The highest BCUT2D eigenvalue weighted by molar-refractivity contribution is 9.10. The zero-order valence-corrected chi connectivity index (χ0v) is 21.0. The van der Waals surface area contributed by atoms with Crippen LogP contribution >= 0.6 is 15.9 Å².